The number of nitrogens with one attached hydrogen (secondary N) is 1. The van der Waals surface area contributed by atoms with Crippen molar-refractivity contribution in [2.24, 2.45) is 5.92 Å². The summed E-state index contributed by atoms with van der Waals surface area (Å²) in [6.45, 7) is 6.50. The predicted octanol–water partition coefficient (Wildman–Crippen LogP) is 6.17. The molecule has 308 valence electrons. The molecule has 0 bridgehead atoms. The maximum absolute atomic E-state index is 15.1. The standard InChI is InChI=1S/C45H50FN5O6SSi/c1-29-39-41(53)51(36-22-24-47-40(36)52)44(54)49(43(39)58-42(29)50-25-11-23-48-50)28-38(35-26-31(46)18-21-37(35)56-4)57-32-19-16-30(17-20-32)27-45(2,3)59(55,33-12-7-5-8-13-33)34-14-9-6-10-15-34/h5-15,18,21,23,25-26,30,32,36,38,55H,16-17,19-20,22,24,27-28H2,1-4H3,(H,47,52)/t30-,32+,36-,38+/m1/s1. The number of rotatable bonds is 13. The lowest BCUT2D eigenvalue weighted by atomic mass is 9.82. The second-order valence-corrected chi connectivity index (χ2v) is 21.4. The minimum atomic E-state index is -3.20. The van der Waals surface area contributed by atoms with Crippen LogP contribution in [0.2, 0.25) is 5.04 Å². The van der Waals surface area contributed by atoms with Gasteiger partial charge in [0.2, 0.25) is 5.91 Å². The Hall–Kier alpha value is -5.15. The van der Waals surface area contributed by atoms with Gasteiger partial charge >= 0.3 is 5.69 Å². The van der Waals surface area contributed by atoms with E-state index in [0.29, 0.717) is 51.0 Å². The molecule has 1 aliphatic heterocycles. The number of carbonyl (C=O) groups excluding carboxylic acids is 1. The minimum Gasteiger partial charge on any atom is -0.496 e. The van der Waals surface area contributed by atoms with Gasteiger partial charge in [0, 0.05) is 30.1 Å². The monoisotopic (exact) mass is 835 g/mol. The second-order valence-electron chi connectivity index (χ2n) is 16.5. The first kappa shape index (κ1) is 40.6. The van der Waals surface area contributed by atoms with Gasteiger partial charge in [-0.1, -0.05) is 85.8 Å². The molecule has 2 fully saturated rings. The van der Waals surface area contributed by atoms with Gasteiger partial charge in [0.15, 0.2) is 0 Å². The zero-order valence-corrected chi connectivity index (χ0v) is 35.6. The Morgan fingerprint density at radius 2 is 1.64 bits per heavy atom. The number of aryl methyl sites for hydroxylation is 1. The Morgan fingerprint density at radius 1 is 0.966 bits per heavy atom. The van der Waals surface area contributed by atoms with Crippen LogP contribution in [0.5, 0.6) is 5.75 Å². The predicted molar refractivity (Wildman–Crippen MR) is 230 cm³/mol. The third kappa shape index (κ3) is 7.51. The molecule has 6 aromatic rings. The first-order valence-electron chi connectivity index (χ1n) is 20.3. The Kier molecular flexibility index (Phi) is 11.3. The Bertz CT molecular complexity index is 2530. The Balaban J connectivity index is 1.12. The summed E-state index contributed by atoms with van der Waals surface area (Å²) in [7, 11) is -1.69. The van der Waals surface area contributed by atoms with Gasteiger partial charge in [-0.25, -0.2) is 18.4 Å². The molecular weight excluding hydrogens is 786 g/mol. The maximum atomic E-state index is 15.1. The van der Waals surface area contributed by atoms with E-state index < -0.39 is 42.6 Å². The zero-order valence-electron chi connectivity index (χ0n) is 33.8. The highest BCUT2D eigenvalue weighted by Gasteiger charge is 2.51. The molecule has 2 aliphatic rings. The first-order chi connectivity index (χ1) is 28.4. The van der Waals surface area contributed by atoms with E-state index >= 15 is 4.39 Å². The summed E-state index contributed by atoms with van der Waals surface area (Å²) in [6.07, 6.45) is 6.62. The van der Waals surface area contributed by atoms with E-state index in [1.807, 2.05) is 43.3 Å². The highest BCUT2D eigenvalue weighted by Crippen LogP contribution is 2.46. The number of aromatic nitrogens is 4. The van der Waals surface area contributed by atoms with Gasteiger partial charge in [0.1, 0.15) is 33.5 Å². The molecule has 2 N–H and O–H groups in total. The lowest BCUT2D eigenvalue weighted by molar-refractivity contribution is -0.122. The van der Waals surface area contributed by atoms with Crippen molar-refractivity contribution >= 4 is 46.2 Å². The molecule has 2 atom stereocenters. The molecule has 1 amide bonds. The fourth-order valence-electron chi connectivity index (χ4n) is 9.44. The molecule has 0 radical (unpaired) electrons. The van der Waals surface area contributed by atoms with E-state index in [4.69, 9.17) is 9.47 Å². The third-order valence-electron chi connectivity index (χ3n) is 12.5. The number of hydrogen-bond acceptors (Lipinski definition) is 8. The fraction of sp³-hybridized carbons (Fsp3) is 0.378. The van der Waals surface area contributed by atoms with Crippen LogP contribution in [0.4, 0.5) is 4.39 Å². The van der Waals surface area contributed by atoms with E-state index in [1.54, 1.807) is 29.2 Å². The number of methoxy groups -OCH3 is 1. The van der Waals surface area contributed by atoms with Crippen LogP contribution < -0.4 is 31.7 Å². The van der Waals surface area contributed by atoms with Crippen LogP contribution in [0.1, 0.15) is 75.6 Å². The number of amides is 1. The van der Waals surface area contributed by atoms with E-state index in [1.165, 1.54) is 35.1 Å². The number of thiophene rings is 1. The molecule has 0 spiro atoms. The van der Waals surface area contributed by atoms with Crippen LogP contribution >= 0.6 is 11.3 Å². The van der Waals surface area contributed by atoms with Crippen LogP contribution in [-0.4, -0.2) is 57.7 Å². The second kappa shape index (κ2) is 16.5. The lowest BCUT2D eigenvalue weighted by Crippen LogP contribution is -2.65. The number of halogens is 1. The average molecular weight is 836 g/mol. The summed E-state index contributed by atoms with van der Waals surface area (Å²) in [5.74, 6) is -0.128. The van der Waals surface area contributed by atoms with Crippen molar-refractivity contribution in [1.29, 1.82) is 0 Å². The topological polar surface area (TPSA) is 130 Å². The smallest absolute Gasteiger partial charge is 0.332 e. The maximum Gasteiger partial charge on any atom is 0.332 e. The molecule has 11 nitrogen and oxygen atoms in total. The zero-order chi connectivity index (χ0) is 41.5. The van der Waals surface area contributed by atoms with Gasteiger partial charge in [0.25, 0.3) is 13.9 Å². The summed E-state index contributed by atoms with van der Waals surface area (Å²) in [5.41, 5.74) is -0.0983. The van der Waals surface area contributed by atoms with E-state index in [9.17, 15) is 19.2 Å². The molecule has 1 saturated heterocycles. The highest BCUT2D eigenvalue weighted by atomic mass is 32.1. The van der Waals surface area contributed by atoms with Gasteiger partial charge in [-0.2, -0.15) is 5.10 Å². The van der Waals surface area contributed by atoms with Gasteiger partial charge in [-0.15, -0.1) is 0 Å². The van der Waals surface area contributed by atoms with E-state index in [-0.39, 0.29) is 18.6 Å². The fourth-order valence-corrected chi connectivity index (χ4v) is 14.5. The molecular formula is C45H50FN5O6SSi. The van der Waals surface area contributed by atoms with Gasteiger partial charge in [-0.3, -0.25) is 14.2 Å². The Morgan fingerprint density at radius 3 is 2.24 bits per heavy atom. The molecule has 14 heteroatoms. The first-order valence-corrected chi connectivity index (χ1v) is 23.1. The van der Waals surface area contributed by atoms with Crippen LogP contribution in [0, 0.1) is 18.7 Å². The number of fused-ring (bicyclic) bond motifs is 1. The van der Waals surface area contributed by atoms with Crippen LogP contribution in [0.25, 0.3) is 15.2 Å². The number of nitrogens with zero attached hydrogens (tertiary/aromatic N) is 4. The Labute approximate surface area is 347 Å². The molecule has 8 rings (SSSR count). The van der Waals surface area contributed by atoms with Crippen molar-refractivity contribution in [3.05, 3.63) is 135 Å². The summed E-state index contributed by atoms with van der Waals surface area (Å²) in [6, 6.07) is 25.2. The number of carbonyl (C=O) groups is 1. The van der Waals surface area contributed by atoms with E-state index in [0.717, 1.165) is 47.0 Å². The van der Waals surface area contributed by atoms with Gasteiger partial charge in [-0.05, 0) is 91.0 Å². The third-order valence-corrected chi connectivity index (χ3v) is 18.3. The molecule has 1 aliphatic carbocycles. The number of ether oxygens (including phenoxy) is 2. The van der Waals surface area contributed by atoms with Crippen molar-refractivity contribution in [3.63, 3.8) is 0 Å². The molecule has 59 heavy (non-hydrogen) atoms. The number of hydrogen-bond donors (Lipinski definition) is 2. The highest BCUT2D eigenvalue weighted by molar-refractivity contribution is 7.21. The lowest BCUT2D eigenvalue weighted by Gasteiger charge is -2.44. The van der Waals surface area contributed by atoms with Crippen molar-refractivity contribution in [3.8, 4) is 10.8 Å². The van der Waals surface area contributed by atoms with Crippen molar-refractivity contribution in [1.82, 2.24) is 24.2 Å². The van der Waals surface area contributed by atoms with Crippen molar-refractivity contribution in [2.75, 3.05) is 13.7 Å². The molecule has 0 unspecified atom stereocenters. The summed E-state index contributed by atoms with van der Waals surface area (Å²) >= 11 is 1.26. The molecule has 4 heterocycles. The quantitative estimate of drug-likeness (QED) is 0.133. The number of benzene rings is 3. The van der Waals surface area contributed by atoms with E-state index in [2.05, 4.69) is 48.5 Å². The largest absolute Gasteiger partial charge is 0.496 e. The van der Waals surface area contributed by atoms with Crippen LogP contribution in [-0.2, 0) is 16.1 Å². The van der Waals surface area contributed by atoms with Crippen LogP contribution in [0.3, 0.4) is 0 Å². The summed E-state index contributed by atoms with van der Waals surface area (Å²) in [4.78, 5) is 55.1. The van der Waals surface area contributed by atoms with Crippen molar-refractivity contribution in [2.45, 2.75) is 89.1 Å². The molecule has 3 aromatic heterocycles. The van der Waals surface area contributed by atoms with Gasteiger partial charge in [0.05, 0.1) is 25.1 Å². The average Bonchev–Trinajstić information content (AvgIpc) is 4.01. The van der Waals surface area contributed by atoms with Gasteiger partial charge < -0.3 is 19.6 Å². The normalized spacial score (nSPS) is 19.2. The molecule has 3 aromatic carbocycles. The molecule has 1 saturated carbocycles. The van der Waals surface area contributed by atoms with Crippen molar-refractivity contribution < 1.29 is 23.5 Å². The summed E-state index contributed by atoms with van der Waals surface area (Å²) < 4.78 is 32.1. The SMILES string of the molecule is COc1ccc(F)cc1[C@H](Cn1c(=O)n([C@@H]2CCNC2=O)c(=O)c2c(C)c(-n3cccn3)sc21)O[C@H]1CC[C@@H](CC(C)(C)[Si](O)(c2ccccc2)c2ccccc2)CC1. The minimum absolute atomic E-state index is 0.0675. The summed E-state index contributed by atoms with van der Waals surface area (Å²) in [5, 5.41) is 9.73. The van der Waals surface area contributed by atoms with Crippen LogP contribution in [0.15, 0.2) is 107 Å².